The molecule has 16 heavy (non-hydrogen) atoms. The number of para-hydroxylation sites is 1. The number of benzene rings is 1. The summed E-state index contributed by atoms with van der Waals surface area (Å²) in [7, 11) is 0. The molecule has 0 saturated carbocycles. The first-order valence-corrected chi connectivity index (χ1v) is 5.72. The molecule has 4 heteroatoms. The molecule has 76 valence electrons. The van der Waals surface area contributed by atoms with Gasteiger partial charge < -0.3 is 5.53 Å². The van der Waals surface area contributed by atoms with Crippen molar-refractivity contribution < 1.29 is 4.79 Å². The average molecular weight is 225 g/mol. The van der Waals surface area contributed by atoms with Crippen molar-refractivity contribution in [2.24, 2.45) is 4.99 Å². The number of fused-ring (bicyclic) bond motifs is 1. The van der Waals surface area contributed by atoms with E-state index in [0.29, 0.717) is 5.71 Å². The van der Waals surface area contributed by atoms with Gasteiger partial charge in [0.25, 0.3) is 0 Å². The lowest BCUT2D eigenvalue weighted by molar-refractivity contribution is -0.000130. The summed E-state index contributed by atoms with van der Waals surface area (Å²) in [5, 5.41) is 1.98. The van der Waals surface area contributed by atoms with Gasteiger partial charge in [0.2, 0.25) is 0 Å². The Morgan fingerprint density at radius 3 is 2.75 bits per heavy atom. The minimum Gasteiger partial charge on any atom is -0.361 e. The predicted octanol–water partition coefficient (Wildman–Crippen LogP) is 2.90. The summed E-state index contributed by atoms with van der Waals surface area (Å²) in [6.07, 6.45) is 0. The minimum atomic E-state index is 0.554. The van der Waals surface area contributed by atoms with Crippen molar-refractivity contribution in [3.8, 4) is 0 Å². The van der Waals surface area contributed by atoms with Gasteiger partial charge in [-0.05, 0) is 23.6 Å². The molecule has 0 atom stereocenters. The molecular weight excluding hydrogens is 218 g/mol. The second kappa shape index (κ2) is 3.52. The molecule has 0 amide bonds. The van der Waals surface area contributed by atoms with Gasteiger partial charge in [-0.25, -0.2) is 4.99 Å². The highest BCUT2D eigenvalue weighted by molar-refractivity contribution is 7.13. The van der Waals surface area contributed by atoms with Crippen LogP contribution in [0.25, 0.3) is 5.53 Å². The van der Waals surface area contributed by atoms with Crippen LogP contribution < -0.4 is 0 Å². The SMILES string of the molecule is [N-]=[N+]=C1C(c2cccs2)=Nc2ccccc21. The summed E-state index contributed by atoms with van der Waals surface area (Å²) in [5.41, 5.74) is 12.1. The molecule has 0 radical (unpaired) electrons. The molecule has 1 aromatic carbocycles. The summed E-state index contributed by atoms with van der Waals surface area (Å²) >= 11 is 1.59. The molecule has 0 saturated heterocycles. The van der Waals surface area contributed by atoms with Crippen LogP contribution in [-0.4, -0.2) is 16.2 Å². The zero-order valence-corrected chi connectivity index (χ0v) is 9.11. The molecule has 1 aliphatic heterocycles. The van der Waals surface area contributed by atoms with Gasteiger partial charge in [-0.1, -0.05) is 18.2 Å². The standard InChI is InChI=1S/C12H7N3S/c13-15-11-8-4-1-2-5-9(8)14-12(11)10-6-3-7-16-10/h1-7H. The van der Waals surface area contributed by atoms with Crippen molar-refractivity contribution in [3.05, 3.63) is 57.7 Å². The number of nitrogens with zero attached hydrogens (tertiary/aromatic N) is 3. The lowest BCUT2D eigenvalue weighted by Crippen LogP contribution is -2.12. The second-order valence-electron chi connectivity index (χ2n) is 3.40. The van der Waals surface area contributed by atoms with Crippen LogP contribution in [0.15, 0.2) is 46.8 Å². The first-order chi connectivity index (χ1) is 7.90. The highest BCUT2D eigenvalue weighted by Gasteiger charge is 2.30. The van der Waals surface area contributed by atoms with E-state index in [0.717, 1.165) is 21.8 Å². The van der Waals surface area contributed by atoms with Crippen molar-refractivity contribution in [1.82, 2.24) is 0 Å². The predicted molar refractivity (Wildman–Crippen MR) is 64.7 cm³/mol. The average Bonchev–Trinajstić information content (AvgIpc) is 2.95. The Balaban J connectivity index is 2.22. The lowest BCUT2D eigenvalue weighted by atomic mass is 10.1. The molecule has 1 aliphatic rings. The Hall–Kier alpha value is -2.03. The molecule has 0 N–H and O–H groups in total. The Kier molecular flexibility index (Phi) is 2.03. The van der Waals surface area contributed by atoms with E-state index >= 15 is 0 Å². The largest absolute Gasteiger partial charge is 0.361 e. The van der Waals surface area contributed by atoms with Gasteiger partial charge in [0.1, 0.15) is 0 Å². The maximum atomic E-state index is 9.09. The third kappa shape index (κ3) is 1.25. The number of rotatable bonds is 1. The fourth-order valence-corrected chi connectivity index (χ4v) is 2.47. The smallest absolute Gasteiger partial charge is 0.351 e. The fourth-order valence-electron chi connectivity index (χ4n) is 1.76. The van der Waals surface area contributed by atoms with Crippen LogP contribution in [0.1, 0.15) is 10.4 Å². The van der Waals surface area contributed by atoms with Crippen LogP contribution in [-0.2, 0) is 0 Å². The quantitative estimate of drug-likeness (QED) is 0.529. The molecule has 0 fully saturated rings. The van der Waals surface area contributed by atoms with Crippen LogP contribution in [0, 0.1) is 0 Å². The van der Waals surface area contributed by atoms with Crippen molar-refractivity contribution in [3.63, 3.8) is 0 Å². The van der Waals surface area contributed by atoms with Gasteiger partial charge >= 0.3 is 5.71 Å². The highest BCUT2D eigenvalue weighted by atomic mass is 32.1. The molecule has 0 aliphatic carbocycles. The van der Waals surface area contributed by atoms with E-state index < -0.39 is 0 Å². The van der Waals surface area contributed by atoms with E-state index in [9.17, 15) is 0 Å². The van der Waals surface area contributed by atoms with Gasteiger partial charge in [-0.3, -0.25) is 0 Å². The Morgan fingerprint density at radius 2 is 2.00 bits per heavy atom. The fraction of sp³-hybridized carbons (Fsp3) is 0. The first kappa shape index (κ1) is 9.21. The van der Waals surface area contributed by atoms with Crippen LogP contribution >= 0.6 is 11.3 Å². The normalized spacial score (nSPS) is 13.2. The van der Waals surface area contributed by atoms with Gasteiger partial charge in [-0.2, -0.15) is 4.79 Å². The lowest BCUT2D eigenvalue weighted by Gasteiger charge is -1.89. The molecule has 0 bridgehead atoms. The first-order valence-electron chi connectivity index (χ1n) is 4.84. The van der Waals surface area contributed by atoms with E-state index in [1.54, 1.807) is 11.3 Å². The molecular formula is C12H7N3S. The summed E-state index contributed by atoms with van der Waals surface area (Å²) in [5.74, 6) is 0. The van der Waals surface area contributed by atoms with Crippen molar-refractivity contribution in [1.29, 1.82) is 0 Å². The monoisotopic (exact) mass is 225 g/mol. The van der Waals surface area contributed by atoms with E-state index in [1.165, 1.54) is 0 Å². The van der Waals surface area contributed by atoms with Crippen molar-refractivity contribution >= 4 is 28.4 Å². The summed E-state index contributed by atoms with van der Waals surface area (Å²) in [6.45, 7) is 0. The topological polar surface area (TPSA) is 48.8 Å². The van der Waals surface area contributed by atoms with Gasteiger partial charge in [0, 0.05) is 0 Å². The van der Waals surface area contributed by atoms with E-state index in [2.05, 4.69) is 9.78 Å². The van der Waals surface area contributed by atoms with E-state index in [-0.39, 0.29) is 0 Å². The van der Waals surface area contributed by atoms with Crippen LogP contribution in [0.3, 0.4) is 0 Å². The third-order valence-electron chi connectivity index (χ3n) is 2.47. The molecule has 2 heterocycles. The Bertz CT molecular complexity index is 619. The van der Waals surface area contributed by atoms with Gasteiger partial charge in [-0.15, -0.1) is 11.3 Å². The number of hydrogen-bond acceptors (Lipinski definition) is 2. The molecule has 3 nitrogen and oxygen atoms in total. The van der Waals surface area contributed by atoms with Crippen LogP contribution in [0.5, 0.6) is 0 Å². The maximum absolute atomic E-state index is 9.09. The molecule has 1 aromatic heterocycles. The van der Waals surface area contributed by atoms with Crippen molar-refractivity contribution in [2.75, 3.05) is 0 Å². The molecule has 0 spiro atoms. The zero-order valence-electron chi connectivity index (χ0n) is 8.29. The molecule has 2 aromatic rings. The van der Waals surface area contributed by atoms with E-state index in [4.69, 9.17) is 5.53 Å². The Morgan fingerprint density at radius 1 is 1.12 bits per heavy atom. The Labute approximate surface area is 96.3 Å². The minimum absolute atomic E-state index is 0.554. The number of hydrogen-bond donors (Lipinski definition) is 0. The van der Waals surface area contributed by atoms with E-state index in [1.807, 2.05) is 41.8 Å². The van der Waals surface area contributed by atoms with Crippen LogP contribution in [0.4, 0.5) is 5.69 Å². The van der Waals surface area contributed by atoms with Gasteiger partial charge in [0.05, 0.1) is 16.1 Å². The zero-order chi connectivity index (χ0) is 11.0. The highest BCUT2D eigenvalue weighted by Crippen LogP contribution is 2.29. The van der Waals surface area contributed by atoms with Crippen molar-refractivity contribution in [2.45, 2.75) is 0 Å². The third-order valence-corrected chi connectivity index (χ3v) is 3.35. The summed E-state index contributed by atoms with van der Waals surface area (Å²) in [6, 6.07) is 11.6. The summed E-state index contributed by atoms with van der Waals surface area (Å²) < 4.78 is 0. The van der Waals surface area contributed by atoms with Crippen LogP contribution in [0.2, 0.25) is 0 Å². The van der Waals surface area contributed by atoms with Gasteiger partial charge in [0.15, 0.2) is 5.71 Å². The number of thiophene rings is 1. The second-order valence-corrected chi connectivity index (χ2v) is 4.35. The molecule has 0 unspecified atom stereocenters. The summed E-state index contributed by atoms with van der Waals surface area (Å²) in [4.78, 5) is 8.86. The maximum Gasteiger partial charge on any atom is 0.351 e. The molecule has 3 rings (SSSR count). The number of aliphatic imine (C=N–C) groups is 1.